The van der Waals surface area contributed by atoms with Crippen LogP contribution in [0.15, 0.2) is 45.6 Å². The maximum atomic E-state index is 12.8. The molecule has 0 spiro atoms. The number of hydrogen-bond acceptors (Lipinski definition) is 7. The quantitative estimate of drug-likeness (QED) is 0.583. The SMILES string of the molecule is C[C@@H]1COC[C@H](C)N1Cc1c(O)c(O)c(O)c2c(=O)cc(-c3ccccc3)oc12. The third kappa shape index (κ3) is 3.32. The van der Waals surface area contributed by atoms with Gasteiger partial charge in [-0.15, -0.1) is 0 Å². The lowest BCUT2D eigenvalue weighted by Crippen LogP contribution is -2.48. The van der Waals surface area contributed by atoms with Gasteiger partial charge in [-0.25, -0.2) is 0 Å². The second-order valence-corrected chi connectivity index (χ2v) is 7.48. The molecule has 7 heteroatoms. The van der Waals surface area contributed by atoms with Crippen LogP contribution in [0.25, 0.3) is 22.3 Å². The van der Waals surface area contributed by atoms with E-state index in [1.165, 1.54) is 6.07 Å². The lowest BCUT2D eigenvalue weighted by atomic mass is 10.0. The van der Waals surface area contributed by atoms with Crippen LogP contribution in [0.4, 0.5) is 0 Å². The molecule has 2 heterocycles. The normalized spacial score (nSPS) is 20.2. The number of ether oxygens (including phenoxy) is 1. The Labute approximate surface area is 167 Å². The molecule has 1 aliphatic heterocycles. The van der Waals surface area contributed by atoms with E-state index in [1.54, 1.807) is 12.1 Å². The number of morpholine rings is 1. The zero-order valence-corrected chi connectivity index (χ0v) is 16.3. The van der Waals surface area contributed by atoms with Crippen molar-refractivity contribution in [1.82, 2.24) is 4.90 Å². The molecule has 0 unspecified atom stereocenters. The molecule has 0 aliphatic carbocycles. The molecule has 1 saturated heterocycles. The molecule has 29 heavy (non-hydrogen) atoms. The summed E-state index contributed by atoms with van der Waals surface area (Å²) in [6.45, 7) is 5.29. The first-order chi connectivity index (χ1) is 13.9. The Morgan fingerprint density at radius 3 is 2.31 bits per heavy atom. The zero-order chi connectivity index (χ0) is 20.7. The van der Waals surface area contributed by atoms with Gasteiger partial charge in [-0.05, 0) is 13.8 Å². The third-order valence-electron chi connectivity index (χ3n) is 5.44. The first kappa shape index (κ1) is 19.3. The molecule has 4 rings (SSSR count). The number of aromatic hydroxyl groups is 3. The molecule has 3 N–H and O–H groups in total. The van der Waals surface area contributed by atoms with Gasteiger partial charge in [0, 0.05) is 30.3 Å². The van der Waals surface area contributed by atoms with Crippen LogP contribution in [0, 0.1) is 0 Å². The van der Waals surface area contributed by atoms with Crippen LogP contribution in [0.1, 0.15) is 19.4 Å². The predicted octanol–water partition coefficient (Wildman–Crippen LogP) is 3.19. The molecule has 152 valence electrons. The molecule has 2 aromatic carbocycles. The molecule has 0 bridgehead atoms. The van der Waals surface area contributed by atoms with Crippen molar-refractivity contribution in [2.75, 3.05) is 13.2 Å². The standard InChI is InChI=1S/C22H23NO6/c1-12-10-28-11-13(2)23(12)9-15-19(25)21(27)20(26)18-16(24)8-17(29-22(15)18)14-6-4-3-5-7-14/h3-8,12-13,25-27H,9-11H2,1-2H3/t12-,13+. The van der Waals surface area contributed by atoms with E-state index >= 15 is 0 Å². The van der Waals surface area contributed by atoms with Gasteiger partial charge in [-0.1, -0.05) is 30.3 Å². The third-order valence-corrected chi connectivity index (χ3v) is 5.44. The van der Waals surface area contributed by atoms with Gasteiger partial charge < -0.3 is 24.5 Å². The Hall–Kier alpha value is -3.03. The fourth-order valence-corrected chi connectivity index (χ4v) is 3.83. The number of nitrogens with zero attached hydrogens (tertiary/aromatic N) is 1. The topological polar surface area (TPSA) is 103 Å². The number of phenolic OH excluding ortho intramolecular Hbond substituents is 3. The van der Waals surface area contributed by atoms with Gasteiger partial charge in [0.25, 0.3) is 0 Å². The average Bonchev–Trinajstić information content (AvgIpc) is 2.71. The zero-order valence-electron chi connectivity index (χ0n) is 16.3. The summed E-state index contributed by atoms with van der Waals surface area (Å²) in [5, 5.41) is 31.0. The van der Waals surface area contributed by atoms with E-state index in [0.717, 1.165) is 0 Å². The Morgan fingerprint density at radius 1 is 1.00 bits per heavy atom. The molecule has 0 amide bonds. The first-order valence-corrected chi connectivity index (χ1v) is 9.51. The van der Waals surface area contributed by atoms with Crippen LogP contribution in [0.2, 0.25) is 0 Å². The van der Waals surface area contributed by atoms with Crippen molar-refractivity contribution in [3.63, 3.8) is 0 Å². The number of fused-ring (bicyclic) bond motifs is 1. The van der Waals surface area contributed by atoms with Gasteiger partial charge in [0.05, 0.1) is 18.8 Å². The summed E-state index contributed by atoms with van der Waals surface area (Å²) in [5.74, 6) is -1.58. The molecule has 1 aromatic heterocycles. The summed E-state index contributed by atoms with van der Waals surface area (Å²) in [7, 11) is 0. The van der Waals surface area contributed by atoms with Crippen LogP contribution in [0.3, 0.4) is 0 Å². The highest BCUT2D eigenvalue weighted by Crippen LogP contribution is 2.45. The van der Waals surface area contributed by atoms with Crippen LogP contribution >= 0.6 is 0 Å². The molecular formula is C22H23NO6. The van der Waals surface area contributed by atoms with Crippen molar-refractivity contribution >= 4 is 11.0 Å². The van der Waals surface area contributed by atoms with E-state index in [9.17, 15) is 20.1 Å². The number of phenols is 3. The molecular weight excluding hydrogens is 374 g/mol. The maximum absolute atomic E-state index is 12.8. The highest BCUT2D eigenvalue weighted by molar-refractivity contribution is 5.92. The monoisotopic (exact) mass is 397 g/mol. The highest BCUT2D eigenvalue weighted by Gasteiger charge is 2.30. The van der Waals surface area contributed by atoms with Gasteiger partial charge in [0.1, 0.15) is 11.1 Å². The minimum Gasteiger partial charge on any atom is -0.504 e. The van der Waals surface area contributed by atoms with Gasteiger partial charge in [-0.3, -0.25) is 9.69 Å². The first-order valence-electron chi connectivity index (χ1n) is 9.51. The van der Waals surface area contributed by atoms with Gasteiger partial charge in [0.15, 0.2) is 22.5 Å². The molecule has 1 fully saturated rings. The van der Waals surface area contributed by atoms with Crippen LogP contribution < -0.4 is 5.43 Å². The van der Waals surface area contributed by atoms with E-state index < -0.39 is 22.7 Å². The van der Waals surface area contributed by atoms with Crippen molar-refractivity contribution in [3.05, 3.63) is 52.2 Å². The largest absolute Gasteiger partial charge is 0.504 e. The minimum absolute atomic E-state index is 0.0631. The molecule has 3 aromatic rings. The van der Waals surface area contributed by atoms with Gasteiger partial charge in [-0.2, -0.15) is 0 Å². The van der Waals surface area contributed by atoms with Crippen LogP contribution in [0.5, 0.6) is 17.2 Å². The number of rotatable bonds is 3. The highest BCUT2D eigenvalue weighted by atomic mass is 16.5. The van der Waals surface area contributed by atoms with Crippen molar-refractivity contribution < 1.29 is 24.5 Å². The van der Waals surface area contributed by atoms with E-state index in [1.807, 2.05) is 32.0 Å². The van der Waals surface area contributed by atoms with E-state index in [0.29, 0.717) is 24.5 Å². The lowest BCUT2D eigenvalue weighted by molar-refractivity contribution is -0.0411. The predicted molar refractivity (Wildman–Crippen MR) is 108 cm³/mol. The fourth-order valence-electron chi connectivity index (χ4n) is 3.83. The Morgan fingerprint density at radius 2 is 1.66 bits per heavy atom. The Balaban J connectivity index is 1.95. The summed E-state index contributed by atoms with van der Waals surface area (Å²) in [6.07, 6.45) is 0. The summed E-state index contributed by atoms with van der Waals surface area (Å²) >= 11 is 0. The van der Waals surface area contributed by atoms with E-state index in [2.05, 4.69) is 4.90 Å². The van der Waals surface area contributed by atoms with Gasteiger partial charge >= 0.3 is 0 Å². The second-order valence-electron chi connectivity index (χ2n) is 7.48. The summed E-state index contributed by atoms with van der Waals surface area (Å²) in [6, 6.07) is 10.5. The Bertz CT molecular complexity index is 1100. The molecule has 1 aliphatic rings. The number of hydrogen-bond donors (Lipinski definition) is 3. The van der Waals surface area contributed by atoms with Gasteiger partial charge in [0.2, 0.25) is 5.75 Å². The van der Waals surface area contributed by atoms with Crippen molar-refractivity contribution in [3.8, 4) is 28.6 Å². The van der Waals surface area contributed by atoms with Crippen LogP contribution in [-0.4, -0.2) is 45.5 Å². The van der Waals surface area contributed by atoms with Crippen molar-refractivity contribution in [2.45, 2.75) is 32.5 Å². The average molecular weight is 397 g/mol. The lowest BCUT2D eigenvalue weighted by Gasteiger charge is -2.38. The maximum Gasteiger partial charge on any atom is 0.201 e. The fraction of sp³-hybridized carbons (Fsp3) is 0.318. The van der Waals surface area contributed by atoms with Crippen LogP contribution in [-0.2, 0) is 11.3 Å². The minimum atomic E-state index is -0.721. The molecule has 7 nitrogen and oxygen atoms in total. The molecule has 0 radical (unpaired) electrons. The summed E-state index contributed by atoms with van der Waals surface area (Å²) < 4.78 is 11.6. The van der Waals surface area contributed by atoms with Crippen molar-refractivity contribution in [2.24, 2.45) is 0 Å². The summed E-state index contributed by atoms with van der Waals surface area (Å²) in [4.78, 5) is 14.9. The summed E-state index contributed by atoms with van der Waals surface area (Å²) in [5.41, 5.74) is 0.515. The van der Waals surface area contributed by atoms with E-state index in [-0.39, 0.29) is 35.2 Å². The Kier molecular flexibility index (Phi) is 4.94. The van der Waals surface area contributed by atoms with Crippen molar-refractivity contribution in [1.29, 1.82) is 0 Å². The number of benzene rings is 2. The second kappa shape index (κ2) is 7.42. The molecule has 2 atom stereocenters. The smallest absolute Gasteiger partial charge is 0.201 e. The van der Waals surface area contributed by atoms with E-state index in [4.69, 9.17) is 9.15 Å². The molecule has 0 saturated carbocycles.